The minimum atomic E-state index is -0.600. The molecule has 5 nitrogen and oxygen atoms in total. The molecular formula is C15H16N4OS. The first kappa shape index (κ1) is 13.8. The van der Waals surface area contributed by atoms with Gasteiger partial charge in [0.05, 0.1) is 11.5 Å². The molecule has 1 atom stereocenters. The van der Waals surface area contributed by atoms with Gasteiger partial charge >= 0.3 is 0 Å². The Morgan fingerprint density at radius 3 is 2.81 bits per heavy atom. The van der Waals surface area contributed by atoms with Crippen molar-refractivity contribution in [1.29, 1.82) is 0 Å². The van der Waals surface area contributed by atoms with E-state index in [0.717, 1.165) is 20.7 Å². The minimum Gasteiger partial charge on any atom is -0.387 e. The third kappa shape index (κ3) is 2.96. The molecule has 0 saturated carbocycles. The molecule has 0 aliphatic carbocycles. The topological polar surface area (TPSA) is 84.1 Å². The van der Waals surface area contributed by atoms with Gasteiger partial charge in [-0.3, -0.25) is 0 Å². The molecule has 4 N–H and O–H groups in total. The van der Waals surface area contributed by atoms with Crippen molar-refractivity contribution in [2.75, 3.05) is 17.6 Å². The van der Waals surface area contributed by atoms with E-state index < -0.39 is 6.10 Å². The Bertz CT molecular complexity index is 757. The summed E-state index contributed by atoms with van der Waals surface area (Å²) in [5.41, 5.74) is 6.60. The van der Waals surface area contributed by atoms with E-state index in [1.807, 2.05) is 43.3 Å². The van der Waals surface area contributed by atoms with Crippen molar-refractivity contribution in [3.63, 3.8) is 0 Å². The number of nitrogens with zero attached hydrogens (tertiary/aromatic N) is 2. The standard InChI is InChI=1S/C15H16N4OS/c1-9-7-11-13(18-15(16)19-14(11)21-9)17-8-12(20)10-5-3-2-4-6-10/h2-7,12,20H,8H2,1H3,(H3,16,17,18,19). The maximum Gasteiger partial charge on any atom is 0.223 e. The summed E-state index contributed by atoms with van der Waals surface area (Å²) >= 11 is 1.58. The van der Waals surface area contributed by atoms with Crippen molar-refractivity contribution >= 4 is 33.3 Å². The van der Waals surface area contributed by atoms with Crippen LogP contribution in [0.15, 0.2) is 36.4 Å². The summed E-state index contributed by atoms with van der Waals surface area (Å²) in [5, 5.41) is 14.3. The molecule has 0 fully saturated rings. The van der Waals surface area contributed by atoms with Crippen molar-refractivity contribution in [1.82, 2.24) is 9.97 Å². The molecular weight excluding hydrogens is 284 g/mol. The van der Waals surface area contributed by atoms with Gasteiger partial charge in [0, 0.05) is 11.4 Å². The smallest absolute Gasteiger partial charge is 0.223 e. The molecule has 6 heteroatoms. The largest absolute Gasteiger partial charge is 0.387 e. The Morgan fingerprint density at radius 2 is 2.05 bits per heavy atom. The van der Waals surface area contributed by atoms with Crippen LogP contribution in [-0.2, 0) is 0 Å². The van der Waals surface area contributed by atoms with Gasteiger partial charge in [-0.15, -0.1) is 11.3 Å². The van der Waals surface area contributed by atoms with Crippen molar-refractivity contribution in [2.24, 2.45) is 0 Å². The zero-order chi connectivity index (χ0) is 14.8. The molecule has 0 aliphatic rings. The fraction of sp³-hybridized carbons (Fsp3) is 0.200. The predicted molar refractivity (Wildman–Crippen MR) is 86.5 cm³/mol. The summed E-state index contributed by atoms with van der Waals surface area (Å²) < 4.78 is 0. The van der Waals surface area contributed by atoms with Crippen LogP contribution in [0.3, 0.4) is 0 Å². The first-order chi connectivity index (χ1) is 10.1. The Labute approximate surface area is 126 Å². The number of aromatic nitrogens is 2. The fourth-order valence-corrected chi connectivity index (χ4v) is 3.07. The van der Waals surface area contributed by atoms with Crippen LogP contribution in [0, 0.1) is 6.92 Å². The molecule has 1 aromatic carbocycles. The zero-order valence-electron chi connectivity index (χ0n) is 11.6. The van der Waals surface area contributed by atoms with E-state index in [9.17, 15) is 5.11 Å². The molecule has 0 radical (unpaired) electrons. The van der Waals surface area contributed by atoms with Crippen LogP contribution >= 0.6 is 11.3 Å². The highest BCUT2D eigenvalue weighted by Gasteiger charge is 2.12. The Morgan fingerprint density at radius 1 is 1.29 bits per heavy atom. The summed E-state index contributed by atoms with van der Waals surface area (Å²) in [6, 6.07) is 11.5. The van der Waals surface area contributed by atoms with E-state index in [0.29, 0.717) is 12.4 Å². The average molecular weight is 300 g/mol. The third-order valence-corrected chi connectivity index (χ3v) is 4.12. The zero-order valence-corrected chi connectivity index (χ0v) is 12.4. The third-order valence-electron chi connectivity index (χ3n) is 3.18. The van der Waals surface area contributed by atoms with Crippen LogP contribution in [0.25, 0.3) is 10.2 Å². The fourth-order valence-electron chi connectivity index (χ4n) is 2.18. The SMILES string of the molecule is Cc1cc2c(NCC(O)c3ccccc3)nc(N)nc2s1. The van der Waals surface area contributed by atoms with E-state index in [-0.39, 0.29) is 5.95 Å². The number of nitrogens with one attached hydrogen (secondary N) is 1. The molecule has 108 valence electrons. The second-order valence-electron chi connectivity index (χ2n) is 4.81. The van der Waals surface area contributed by atoms with Gasteiger partial charge in [-0.05, 0) is 18.6 Å². The van der Waals surface area contributed by atoms with Gasteiger partial charge in [0.25, 0.3) is 0 Å². The lowest BCUT2D eigenvalue weighted by atomic mass is 10.1. The number of aryl methyl sites for hydroxylation is 1. The maximum absolute atomic E-state index is 10.2. The molecule has 0 spiro atoms. The van der Waals surface area contributed by atoms with Gasteiger partial charge in [-0.1, -0.05) is 30.3 Å². The van der Waals surface area contributed by atoms with E-state index in [2.05, 4.69) is 15.3 Å². The summed E-state index contributed by atoms with van der Waals surface area (Å²) in [5.74, 6) is 0.901. The van der Waals surface area contributed by atoms with Gasteiger partial charge in [-0.2, -0.15) is 4.98 Å². The Hall–Kier alpha value is -2.18. The van der Waals surface area contributed by atoms with E-state index >= 15 is 0 Å². The van der Waals surface area contributed by atoms with E-state index in [4.69, 9.17) is 5.73 Å². The number of nitrogens with two attached hydrogens (primary N) is 1. The van der Waals surface area contributed by atoms with Gasteiger partial charge in [-0.25, -0.2) is 4.98 Å². The molecule has 21 heavy (non-hydrogen) atoms. The molecule has 1 unspecified atom stereocenters. The van der Waals surface area contributed by atoms with Crippen LogP contribution < -0.4 is 11.1 Å². The van der Waals surface area contributed by atoms with Gasteiger partial charge in [0.15, 0.2) is 0 Å². The van der Waals surface area contributed by atoms with Gasteiger partial charge in [0.2, 0.25) is 5.95 Å². The number of fused-ring (bicyclic) bond motifs is 1. The maximum atomic E-state index is 10.2. The summed E-state index contributed by atoms with van der Waals surface area (Å²) in [6.07, 6.45) is -0.600. The lowest BCUT2D eigenvalue weighted by Crippen LogP contribution is -2.13. The molecule has 3 rings (SSSR count). The van der Waals surface area contributed by atoms with Crippen molar-refractivity contribution in [2.45, 2.75) is 13.0 Å². The number of aliphatic hydroxyl groups is 1. The number of thiophene rings is 1. The Kier molecular flexibility index (Phi) is 3.72. The molecule has 0 bridgehead atoms. The number of nitrogen functional groups attached to an aromatic ring is 1. The van der Waals surface area contributed by atoms with Crippen LogP contribution in [0.2, 0.25) is 0 Å². The first-order valence-electron chi connectivity index (χ1n) is 6.64. The van der Waals surface area contributed by atoms with Gasteiger partial charge < -0.3 is 16.2 Å². The highest BCUT2D eigenvalue weighted by atomic mass is 32.1. The van der Waals surface area contributed by atoms with Crippen molar-refractivity contribution < 1.29 is 5.11 Å². The highest BCUT2D eigenvalue weighted by molar-refractivity contribution is 7.18. The van der Waals surface area contributed by atoms with Gasteiger partial charge in [0.1, 0.15) is 10.6 Å². The minimum absolute atomic E-state index is 0.237. The normalized spacial score (nSPS) is 12.5. The number of rotatable bonds is 4. The molecule has 2 aromatic heterocycles. The van der Waals surface area contributed by atoms with Crippen LogP contribution in [0.4, 0.5) is 11.8 Å². The van der Waals surface area contributed by atoms with Crippen molar-refractivity contribution in [3.8, 4) is 0 Å². The number of hydrogen-bond acceptors (Lipinski definition) is 6. The van der Waals surface area contributed by atoms with E-state index in [1.54, 1.807) is 11.3 Å². The summed E-state index contributed by atoms with van der Waals surface area (Å²) in [7, 11) is 0. The lowest BCUT2D eigenvalue weighted by Gasteiger charge is -2.13. The first-order valence-corrected chi connectivity index (χ1v) is 7.45. The number of hydrogen-bond donors (Lipinski definition) is 3. The molecule has 3 aromatic rings. The quantitative estimate of drug-likeness (QED) is 0.690. The van der Waals surface area contributed by atoms with Crippen LogP contribution in [0.1, 0.15) is 16.5 Å². The van der Waals surface area contributed by atoms with Crippen LogP contribution in [0.5, 0.6) is 0 Å². The summed E-state index contributed by atoms with van der Waals surface area (Å²) in [6.45, 7) is 2.38. The van der Waals surface area contributed by atoms with Crippen molar-refractivity contribution in [3.05, 3.63) is 46.8 Å². The second-order valence-corrected chi connectivity index (χ2v) is 6.05. The lowest BCUT2D eigenvalue weighted by molar-refractivity contribution is 0.191. The second kappa shape index (κ2) is 5.67. The molecule has 0 saturated heterocycles. The number of aliphatic hydroxyl groups excluding tert-OH is 1. The molecule has 0 amide bonds. The summed E-state index contributed by atoms with van der Waals surface area (Å²) in [4.78, 5) is 10.5. The highest BCUT2D eigenvalue weighted by Crippen LogP contribution is 2.29. The Balaban J connectivity index is 1.82. The monoisotopic (exact) mass is 300 g/mol. The van der Waals surface area contributed by atoms with Crippen LogP contribution in [-0.4, -0.2) is 21.6 Å². The number of anilines is 2. The predicted octanol–water partition coefficient (Wildman–Crippen LogP) is 2.73. The molecule has 0 aliphatic heterocycles. The van der Waals surface area contributed by atoms with E-state index in [1.165, 1.54) is 0 Å². The number of benzene rings is 1. The average Bonchev–Trinajstić information content (AvgIpc) is 2.85. The molecule has 2 heterocycles.